The van der Waals surface area contributed by atoms with Gasteiger partial charge in [0.05, 0.1) is 22.4 Å². The molecule has 0 aliphatic rings. The molecule has 0 aliphatic carbocycles. The van der Waals surface area contributed by atoms with Gasteiger partial charge < -0.3 is 4.57 Å². The number of hydrogen-bond acceptors (Lipinski definition) is 3. The van der Waals surface area contributed by atoms with Crippen molar-refractivity contribution in [3.8, 4) is 12.1 Å². The zero-order valence-electron chi connectivity index (χ0n) is 10.6. The van der Waals surface area contributed by atoms with Crippen LogP contribution in [-0.4, -0.2) is 9.55 Å². The van der Waals surface area contributed by atoms with Crippen molar-refractivity contribution >= 4 is 23.2 Å². The molecule has 4 nitrogen and oxygen atoms in total. The molecule has 0 N–H and O–H groups in total. The minimum atomic E-state index is -0.117. The Bertz CT molecular complexity index is 722. The first-order valence-electron chi connectivity index (χ1n) is 5.94. The van der Waals surface area contributed by atoms with Gasteiger partial charge in [-0.2, -0.15) is 10.5 Å². The van der Waals surface area contributed by atoms with Gasteiger partial charge in [0, 0.05) is 0 Å². The van der Waals surface area contributed by atoms with Gasteiger partial charge >= 0.3 is 0 Å². The van der Waals surface area contributed by atoms with E-state index in [1.165, 1.54) is 6.33 Å². The Morgan fingerprint density at radius 2 is 2.00 bits per heavy atom. The van der Waals surface area contributed by atoms with Crippen LogP contribution < -0.4 is 0 Å². The summed E-state index contributed by atoms with van der Waals surface area (Å²) in [5.41, 5.74) is 1.30. The van der Waals surface area contributed by atoms with E-state index in [2.05, 4.69) is 4.98 Å². The Labute approximate surface area is 126 Å². The molecule has 6 heteroatoms. The second kappa shape index (κ2) is 5.96. The van der Waals surface area contributed by atoms with Crippen molar-refractivity contribution < 1.29 is 0 Å². The number of nitrogens with zero attached hydrogens (tertiary/aromatic N) is 4. The van der Waals surface area contributed by atoms with Crippen LogP contribution in [0, 0.1) is 22.7 Å². The number of rotatable bonds is 3. The molecule has 100 valence electrons. The Hall–Kier alpha value is -2.01. The normalized spacial score (nSPS) is 11.7. The van der Waals surface area contributed by atoms with Crippen LogP contribution in [0.3, 0.4) is 0 Å². The summed E-state index contributed by atoms with van der Waals surface area (Å²) in [5, 5.41) is 19.1. The summed E-state index contributed by atoms with van der Waals surface area (Å²) in [5.74, 6) is 0. The first kappa shape index (κ1) is 14.4. The highest BCUT2D eigenvalue weighted by Crippen LogP contribution is 2.30. The lowest BCUT2D eigenvalue weighted by molar-refractivity contribution is 0.561. The molecule has 20 heavy (non-hydrogen) atoms. The monoisotopic (exact) mass is 304 g/mol. The molecular weight excluding hydrogens is 295 g/mol. The van der Waals surface area contributed by atoms with Crippen molar-refractivity contribution in [2.75, 3.05) is 0 Å². The van der Waals surface area contributed by atoms with Crippen LogP contribution >= 0.6 is 23.2 Å². The van der Waals surface area contributed by atoms with Crippen LogP contribution in [0.2, 0.25) is 10.0 Å². The van der Waals surface area contributed by atoms with Gasteiger partial charge in [-0.05, 0) is 24.1 Å². The molecule has 2 rings (SSSR count). The van der Waals surface area contributed by atoms with Gasteiger partial charge in [-0.3, -0.25) is 0 Å². The van der Waals surface area contributed by atoms with E-state index in [0.29, 0.717) is 10.0 Å². The maximum absolute atomic E-state index is 9.20. The predicted octanol–water partition coefficient (Wildman–Crippen LogP) is 3.93. The second-order valence-corrected chi connectivity index (χ2v) is 4.98. The summed E-state index contributed by atoms with van der Waals surface area (Å²) in [6.07, 6.45) is 2.24. The van der Waals surface area contributed by atoms with E-state index in [0.717, 1.165) is 12.0 Å². The van der Waals surface area contributed by atoms with Crippen LogP contribution in [0.4, 0.5) is 0 Å². The van der Waals surface area contributed by atoms with E-state index in [1.807, 2.05) is 25.1 Å². The first-order chi connectivity index (χ1) is 9.62. The molecule has 0 radical (unpaired) electrons. The van der Waals surface area contributed by atoms with Crippen molar-refractivity contribution in [1.29, 1.82) is 10.5 Å². The number of halogens is 2. The van der Waals surface area contributed by atoms with Gasteiger partial charge in [0.1, 0.15) is 12.1 Å². The SMILES string of the molecule is CCC(c1ccc(Cl)c(Cl)c1)n1cnc(C#N)c1C#N. The molecule has 1 aromatic carbocycles. The van der Waals surface area contributed by atoms with Crippen LogP contribution in [0.25, 0.3) is 0 Å². The quantitative estimate of drug-likeness (QED) is 0.863. The van der Waals surface area contributed by atoms with E-state index >= 15 is 0 Å². The maximum Gasteiger partial charge on any atom is 0.176 e. The average molecular weight is 305 g/mol. The molecule has 0 bridgehead atoms. The molecule has 1 heterocycles. The van der Waals surface area contributed by atoms with Crippen LogP contribution in [-0.2, 0) is 0 Å². The third-order valence-corrected chi connectivity index (χ3v) is 3.80. The fourth-order valence-corrected chi connectivity index (χ4v) is 2.41. The van der Waals surface area contributed by atoms with Gasteiger partial charge in [-0.25, -0.2) is 4.98 Å². The number of imidazole rings is 1. The molecule has 1 aromatic heterocycles. The smallest absolute Gasteiger partial charge is 0.176 e. The minimum Gasteiger partial charge on any atom is -0.314 e. The summed E-state index contributed by atoms with van der Waals surface area (Å²) < 4.78 is 1.69. The van der Waals surface area contributed by atoms with Crippen LogP contribution in [0.5, 0.6) is 0 Å². The Balaban J connectivity index is 2.53. The van der Waals surface area contributed by atoms with E-state index in [1.54, 1.807) is 16.7 Å². The standard InChI is InChI=1S/C14H10Cl2N4/c1-2-13(9-3-4-10(15)11(16)5-9)20-8-19-12(6-17)14(20)7-18/h3-5,8,13H,2H2,1H3. The number of benzene rings is 1. The van der Waals surface area contributed by atoms with Crippen molar-refractivity contribution in [3.63, 3.8) is 0 Å². The summed E-state index contributed by atoms with van der Waals surface area (Å²) in [4.78, 5) is 3.96. The van der Waals surface area contributed by atoms with E-state index < -0.39 is 0 Å². The Morgan fingerprint density at radius 1 is 1.25 bits per heavy atom. The molecule has 1 atom stereocenters. The molecule has 2 aromatic rings. The molecule has 0 spiro atoms. The van der Waals surface area contributed by atoms with E-state index in [4.69, 9.17) is 28.5 Å². The molecule has 0 fully saturated rings. The lowest BCUT2D eigenvalue weighted by Gasteiger charge is -2.18. The highest BCUT2D eigenvalue weighted by Gasteiger charge is 2.19. The van der Waals surface area contributed by atoms with Crippen LogP contribution in [0.15, 0.2) is 24.5 Å². The van der Waals surface area contributed by atoms with E-state index in [9.17, 15) is 5.26 Å². The van der Waals surface area contributed by atoms with Crippen LogP contribution in [0.1, 0.15) is 36.3 Å². The van der Waals surface area contributed by atoms with Gasteiger partial charge in [0.15, 0.2) is 11.4 Å². The van der Waals surface area contributed by atoms with Gasteiger partial charge in [-0.15, -0.1) is 0 Å². The molecule has 0 amide bonds. The number of nitriles is 2. The number of aromatic nitrogens is 2. The van der Waals surface area contributed by atoms with Crippen molar-refractivity contribution in [2.24, 2.45) is 0 Å². The summed E-state index contributed by atoms with van der Waals surface area (Å²) >= 11 is 11.9. The van der Waals surface area contributed by atoms with Gasteiger partial charge in [0.2, 0.25) is 0 Å². The fourth-order valence-electron chi connectivity index (χ4n) is 2.10. The fraction of sp³-hybridized carbons (Fsp3) is 0.214. The van der Waals surface area contributed by atoms with Crippen molar-refractivity contribution in [1.82, 2.24) is 9.55 Å². The number of hydrogen-bond donors (Lipinski definition) is 0. The molecule has 0 saturated carbocycles. The Morgan fingerprint density at radius 3 is 2.55 bits per heavy atom. The summed E-state index contributed by atoms with van der Waals surface area (Å²) in [6.45, 7) is 1.99. The van der Waals surface area contributed by atoms with Gasteiger partial charge in [0.25, 0.3) is 0 Å². The third-order valence-electron chi connectivity index (χ3n) is 3.06. The highest BCUT2D eigenvalue weighted by molar-refractivity contribution is 6.42. The predicted molar refractivity (Wildman–Crippen MR) is 76.5 cm³/mol. The summed E-state index contributed by atoms with van der Waals surface area (Å²) in [6, 6.07) is 9.17. The highest BCUT2D eigenvalue weighted by atomic mass is 35.5. The lowest BCUT2D eigenvalue weighted by Crippen LogP contribution is -2.11. The van der Waals surface area contributed by atoms with Crippen molar-refractivity contribution in [2.45, 2.75) is 19.4 Å². The second-order valence-electron chi connectivity index (χ2n) is 4.17. The molecule has 1 unspecified atom stereocenters. The topological polar surface area (TPSA) is 65.4 Å². The largest absolute Gasteiger partial charge is 0.314 e. The first-order valence-corrected chi connectivity index (χ1v) is 6.69. The molecular formula is C14H10Cl2N4. The lowest BCUT2D eigenvalue weighted by atomic mass is 10.0. The van der Waals surface area contributed by atoms with E-state index in [-0.39, 0.29) is 17.4 Å². The minimum absolute atomic E-state index is 0.117. The molecule has 0 aliphatic heterocycles. The zero-order valence-corrected chi connectivity index (χ0v) is 12.2. The molecule has 0 saturated heterocycles. The average Bonchev–Trinajstić information content (AvgIpc) is 2.86. The van der Waals surface area contributed by atoms with Gasteiger partial charge in [-0.1, -0.05) is 36.2 Å². The Kier molecular flexibility index (Phi) is 4.29. The maximum atomic E-state index is 9.20. The third kappa shape index (κ3) is 2.49. The summed E-state index contributed by atoms with van der Waals surface area (Å²) in [7, 11) is 0. The van der Waals surface area contributed by atoms with Crippen molar-refractivity contribution in [3.05, 3.63) is 51.5 Å². The zero-order chi connectivity index (χ0) is 14.7.